The summed E-state index contributed by atoms with van der Waals surface area (Å²) in [4.78, 5) is 0. The number of aliphatic hydroxyl groups excluding tert-OH is 1. The van der Waals surface area contributed by atoms with Crippen LogP contribution in [0.4, 0.5) is 0 Å². The molecule has 0 saturated heterocycles. The average Bonchev–Trinajstić information content (AvgIpc) is 2.55. The van der Waals surface area contributed by atoms with Gasteiger partial charge in [0.15, 0.2) is 5.75 Å². The highest BCUT2D eigenvalue weighted by atomic mass is 16.5. The molecule has 0 aromatic carbocycles. The highest BCUT2D eigenvalue weighted by molar-refractivity contribution is 5.31. The van der Waals surface area contributed by atoms with Crippen LogP contribution in [-0.4, -0.2) is 22.0 Å². The van der Waals surface area contributed by atoms with Gasteiger partial charge in [0.1, 0.15) is 11.8 Å². The minimum absolute atomic E-state index is 0.141. The molecule has 0 aliphatic heterocycles. The Balaban J connectivity index is 2.34. The minimum atomic E-state index is -0.526. The predicted octanol–water partition coefficient (Wildman–Crippen LogP) is 2.14. The summed E-state index contributed by atoms with van der Waals surface area (Å²) in [7, 11) is 3.44. The molecule has 1 saturated carbocycles. The Morgan fingerprint density at radius 3 is 2.29 bits per heavy atom. The molecule has 1 fully saturated rings. The number of methoxy groups -OCH3 is 1. The lowest BCUT2D eigenvalue weighted by molar-refractivity contribution is 0.119. The zero-order valence-corrected chi connectivity index (χ0v) is 11.5. The number of nitrogens with zero attached hydrogens (tertiary/aromatic N) is 2. The molecule has 1 unspecified atom stereocenters. The van der Waals surface area contributed by atoms with E-state index in [9.17, 15) is 5.11 Å². The molecule has 0 spiro atoms. The van der Waals surface area contributed by atoms with E-state index < -0.39 is 6.10 Å². The van der Waals surface area contributed by atoms with Crippen molar-refractivity contribution in [3.8, 4) is 5.75 Å². The summed E-state index contributed by atoms with van der Waals surface area (Å²) in [5, 5.41) is 14.7. The molecule has 1 aliphatic carbocycles. The van der Waals surface area contributed by atoms with Gasteiger partial charge < -0.3 is 9.84 Å². The molecule has 0 amide bonds. The van der Waals surface area contributed by atoms with Gasteiger partial charge in [0.05, 0.1) is 13.3 Å². The number of ether oxygens (including phenoxy) is 1. The normalized spacial score (nSPS) is 23.5. The number of aryl methyl sites for hydroxylation is 1. The van der Waals surface area contributed by atoms with E-state index in [2.05, 4.69) is 32.8 Å². The first-order chi connectivity index (χ1) is 7.75. The van der Waals surface area contributed by atoms with Crippen LogP contribution in [0, 0.1) is 16.7 Å². The first-order valence-electron chi connectivity index (χ1n) is 5.99. The summed E-state index contributed by atoms with van der Waals surface area (Å²) in [5.41, 5.74) is 1.06. The van der Waals surface area contributed by atoms with Crippen LogP contribution in [-0.2, 0) is 7.05 Å². The van der Waals surface area contributed by atoms with Gasteiger partial charge in [-0.15, -0.1) is 0 Å². The quantitative estimate of drug-likeness (QED) is 0.877. The second kappa shape index (κ2) is 3.48. The third-order valence-corrected chi connectivity index (χ3v) is 4.90. The van der Waals surface area contributed by atoms with Crippen molar-refractivity contribution < 1.29 is 9.84 Å². The van der Waals surface area contributed by atoms with Crippen LogP contribution in [0.25, 0.3) is 0 Å². The molecule has 1 aliphatic rings. The summed E-state index contributed by atoms with van der Waals surface area (Å²) in [6.45, 7) is 8.79. The summed E-state index contributed by atoms with van der Waals surface area (Å²) in [5.74, 6) is 0.901. The molecule has 2 rings (SSSR count). The zero-order valence-electron chi connectivity index (χ0n) is 11.5. The Labute approximate surface area is 103 Å². The van der Waals surface area contributed by atoms with Crippen molar-refractivity contribution in [3.63, 3.8) is 0 Å². The van der Waals surface area contributed by atoms with Gasteiger partial charge in [-0.3, -0.25) is 4.68 Å². The Hall–Kier alpha value is -1.03. The molecule has 4 heteroatoms. The molecule has 1 heterocycles. The third kappa shape index (κ3) is 1.50. The molecule has 4 nitrogen and oxygen atoms in total. The van der Waals surface area contributed by atoms with Gasteiger partial charge in [-0.1, -0.05) is 27.7 Å². The molecule has 96 valence electrons. The smallest absolute Gasteiger partial charge is 0.162 e. The largest absolute Gasteiger partial charge is 0.493 e. The summed E-state index contributed by atoms with van der Waals surface area (Å²) < 4.78 is 6.96. The van der Waals surface area contributed by atoms with E-state index in [0.29, 0.717) is 5.75 Å². The molecule has 1 aromatic heterocycles. The van der Waals surface area contributed by atoms with E-state index in [-0.39, 0.29) is 16.7 Å². The Morgan fingerprint density at radius 1 is 1.35 bits per heavy atom. The van der Waals surface area contributed by atoms with E-state index >= 15 is 0 Å². The second-order valence-corrected chi connectivity index (χ2v) is 6.09. The van der Waals surface area contributed by atoms with Gasteiger partial charge in [-0.2, -0.15) is 5.10 Å². The maximum atomic E-state index is 10.6. The van der Waals surface area contributed by atoms with Crippen LogP contribution < -0.4 is 4.74 Å². The maximum absolute atomic E-state index is 10.6. The van der Waals surface area contributed by atoms with Gasteiger partial charge in [0, 0.05) is 13.0 Å². The first kappa shape index (κ1) is 12.4. The molecule has 17 heavy (non-hydrogen) atoms. The van der Waals surface area contributed by atoms with E-state index in [1.165, 1.54) is 0 Å². The van der Waals surface area contributed by atoms with Crippen LogP contribution >= 0.6 is 0 Å². The average molecular weight is 238 g/mol. The van der Waals surface area contributed by atoms with Crippen molar-refractivity contribution in [3.05, 3.63) is 11.9 Å². The minimum Gasteiger partial charge on any atom is -0.493 e. The molecule has 1 aromatic rings. The standard InChI is InChI=1S/C13H22N2O2/c1-12(2)11(13(12,3)4)10(16)9-8(17-6)7-14-15(9)5/h7,10-11,16H,1-6H3. The van der Waals surface area contributed by atoms with E-state index in [4.69, 9.17) is 4.74 Å². The first-order valence-corrected chi connectivity index (χ1v) is 5.99. The fraction of sp³-hybridized carbons (Fsp3) is 0.769. The van der Waals surface area contributed by atoms with Crippen LogP contribution in [0.2, 0.25) is 0 Å². The van der Waals surface area contributed by atoms with E-state index in [1.54, 1.807) is 18.0 Å². The van der Waals surface area contributed by atoms with Gasteiger partial charge in [-0.05, 0) is 10.8 Å². The number of aliphatic hydroxyl groups is 1. The fourth-order valence-electron chi connectivity index (χ4n) is 3.12. The van der Waals surface area contributed by atoms with Gasteiger partial charge in [0.25, 0.3) is 0 Å². The Kier molecular flexibility index (Phi) is 2.54. The van der Waals surface area contributed by atoms with Crippen LogP contribution in [0.3, 0.4) is 0 Å². The zero-order chi connectivity index (χ0) is 13.0. The van der Waals surface area contributed by atoms with Crippen molar-refractivity contribution in [2.45, 2.75) is 33.8 Å². The highest BCUT2D eigenvalue weighted by Gasteiger charge is 2.67. The Bertz CT molecular complexity index is 421. The fourth-order valence-corrected chi connectivity index (χ4v) is 3.12. The van der Waals surface area contributed by atoms with Gasteiger partial charge in [0.2, 0.25) is 0 Å². The van der Waals surface area contributed by atoms with Gasteiger partial charge >= 0.3 is 0 Å². The van der Waals surface area contributed by atoms with Crippen molar-refractivity contribution in [2.24, 2.45) is 23.8 Å². The van der Waals surface area contributed by atoms with E-state index in [1.807, 2.05) is 7.05 Å². The predicted molar refractivity (Wildman–Crippen MR) is 65.8 cm³/mol. The lowest BCUT2D eigenvalue weighted by atomic mass is 10.0. The molecule has 1 atom stereocenters. The van der Waals surface area contributed by atoms with Crippen molar-refractivity contribution in [1.29, 1.82) is 0 Å². The summed E-state index contributed by atoms with van der Waals surface area (Å²) >= 11 is 0. The molecule has 1 N–H and O–H groups in total. The van der Waals surface area contributed by atoms with Crippen molar-refractivity contribution in [1.82, 2.24) is 9.78 Å². The lowest BCUT2D eigenvalue weighted by Gasteiger charge is -2.14. The van der Waals surface area contributed by atoms with Crippen molar-refractivity contribution >= 4 is 0 Å². The van der Waals surface area contributed by atoms with Crippen LogP contribution in [0.15, 0.2) is 6.20 Å². The Morgan fingerprint density at radius 2 is 1.88 bits per heavy atom. The third-order valence-electron chi connectivity index (χ3n) is 4.90. The highest BCUT2D eigenvalue weighted by Crippen LogP contribution is 2.72. The lowest BCUT2D eigenvalue weighted by Crippen LogP contribution is -2.11. The second-order valence-electron chi connectivity index (χ2n) is 6.09. The molecule has 0 radical (unpaired) electrons. The number of hydrogen-bond donors (Lipinski definition) is 1. The van der Waals surface area contributed by atoms with E-state index in [0.717, 1.165) is 5.69 Å². The molecular weight excluding hydrogens is 216 g/mol. The number of rotatable bonds is 3. The van der Waals surface area contributed by atoms with Crippen LogP contribution in [0.5, 0.6) is 5.75 Å². The monoisotopic (exact) mass is 238 g/mol. The maximum Gasteiger partial charge on any atom is 0.162 e. The van der Waals surface area contributed by atoms with Gasteiger partial charge in [-0.25, -0.2) is 0 Å². The molecule has 0 bridgehead atoms. The SMILES string of the molecule is COc1cnn(C)c1C(O)C1C(C)(C)C1(C)C. The molecular formula is C13H22N2O2. The van der Waals surface area contributed by atoms with Crippen molar-refractivity contribution in [2.75, 3.05) is 7.11 Å². The number of hydrogen-bond acceptors (Lipinski definition) is 3. The van der Waals surface area contributed by atoms with Crippen LogP contribution in [0.1, 0.15) is 39.5 Å². The summed E-state index contributed by atoms with van der Waals surface area (Å²) in [6.07, 6.45) is 1.13. The summed E-state index contributed by atoms with van der Waals surface area (Å²) in [6, 6.07) is 0. The number of aromatic nitrogens is 2. The topological polar surface area (TPSA) is 47.3 Å².